The minimum Gasteiger partial charge on any atom is -0.383 e. The number of thioether (sulfide) groups is 2. The fraction of sp³-hybridized carbons (Fsp3) is 0.889. The summed E-state index contributed by atoms with van der Waals surface area (Å²) in [6.45, 7) is 3.22. The summed E-state index contributed by atoms with van der Waals surface area (Å²) in [7, 11) is 1.70. The molecular formula is C9H19N5OS2. The Balaban J connectivity index is 2.20. The van der Waals surface area contributed by atoms with Crippen molar-refractivity contribution >= 4 is 23.5 Å². The molecule has 0 unspecified atom stereocenters. The first-order chi connectivity index (χ1) is 8.38. The highest BCUT2D eigenvalue weighted by Crippen LogP contribution is 2.14. The number of nitrogens with zero attached hydrogens (tertiary/aromatic N) is 4. The van der Waals surface area contributed by atoms with Gasteiger partial charge < -0.3 is 10.1 Å². The summed E-state index contributed by atoms with van der Waals surface area (Å²) < 4.78 is 6.79. The Hall–Kier alpha value is -0.310. The van der Waals surface area contributed by atoms with E-state index in [1.54, 1.807) is 18.9 Å². The van der Waals surface area contributed by atoms with Gasteiger partial charge in [0.05, 0.1) is 13.2 Å². The molecule has 1 N–H and O–H groups in total. The zero-order valence-corrected chi connectivity index (χ0v) is 11.9. The molecule has 0 fully saturated rings. The largest absolute Gasteiger partial charge is 0.383 e. The Kier molecular flexibility index (Phi) is 8.41. The maximum absolute atomic E-state index is 4.95. The van der Waals surface area contributed by atoms with Gasteiger partial charge in [0.2, 0.25) is 5.16 Å². The molecule has 0 atom stereocenters. The van der Waals surface area contributed by atoms with Crippen LogP contribution < -0.4 is 5.32 Å². The fourth-order valence-corrected chi connectivity index (χ4v) is 2.69. The molecular weight excluding hydrogens is 258 g/mol. The molecule has 1 rings (SSSR count). The standard InChI is InChI=1S/C9H19N5OS2/c1-15-6-4-10-3-5-14-9(11-12-13-14)17-8-7-16-2/h10H,3-8H2,1-2H3. The van der Waals surface area contributed by atoms with Gasteiger partial charge in [0.1, 0.15) is 0 Å². The van der Waals surface area contributed by atoms with Crippen molar-refractivity contribution in [1.82, 2.24) is 25.5 Å². The van der Waals surface area contributed by atoms with Crippen LogP contribution in [-0.2, 0) is 11.3 Å². The van der Waals surface area contributed by atoms with Crippen LogP contribution in [0.5, 0.6) is 0 Å². The maximum Gasteiger partial charge on any atom is 0.209 e. The molecule has 0 spiro atoms. The van der Waals surface area contributed by atoms with E-state index in [1.165, 1.54) is 0 Å². The fourth-order valence-electron chi connectivity index (χ4n) is 1.14. The Morgan fingerprint density at radius 2 is 2.24 bits per heavy atom. The van der Waals surface area contributed by atoms with Gasteiger partial charge in [-0.05, 0) is 16.7 Å². The van der Waals surface area contributed by atoms with Crippen molar-refractivity contribution in [3.63, 3.8) is 0 Å². The minimum absolute atomic E-state index is 0.727. The Morgan fingerprint density at radius 1 is 1.35 bits per heavy atom. The molecule has 0 saturated heterocycles. The third-order valence-corrected chi connectivity index (χ3v) is 3.83. The Bertz CT molecular complexity index is 297. The van der Waals surface area contributed by atoms with E-state index in [4.69, 9.17) is 4.74 Å². The molecule has 0 bridgehead atoms. The number of hydrogen-bond donors (Lipinski definition) is 1. The number of rotatable bonds is 10. The van der Waals surface area contributed by atoms with E-state index in [1.807, 2.05) is 16.4 Å². The van der Waals surface area contributed by atoms with E-state index < -0.39 is 0 Å². The molecule has 0 radical (unpaired) electrons. The van der Waals surface area contributed by atoms with E-state index in [2.05, 4.69) is 27.1 Å². The molecule has 8 heteroatoms. The van der Waals surface area contributed by atoms with E-state index in [9.17, 15) is 0 Å². The monoisotopic (exact) mass is 277 g/mol. The number of hydrogen-bond acceptors (Lipinski definition) is 7. The second-order valence-corrected chi connectivity index (χ2v) is 5.32. The summed E-state index contributed by atoms with van der Waals surface area (Å²) in [6, 6.07) is 0. The van der Waals surface area contributed by atoms with Crippen molar-refractivity contribution < 1.29 is 4.74 Å². The molecule has 1 aromatic rings. The lowest BCUT2D eigenvalue weighted by Gasteiger charge is -2.05. The average molecular weight is 277 g/mol. The van der Waals surface area contributed by atoms with E-state index >= 15 is 0 Å². The van der Waals surface area contributed by atoms with Crippen LogP contribution in [0.25, 0.3) is 0 Å². The Morgan fingerprint density at radius 3 is 3.00 bits per heavy atom. The number of nitrogens with one attached hydrogen (secondary N) is 1. The van der Waals surface area contributed by atoms with Crippen molar-refractivity contribution in [3.05, 3.63) is 0 Å². The summed E-state index contributed by atoms with van der Waals surface area (Å²) in [5, 5.41) is 15.8. The molecule has 0 aliphatic heterocycles. The third-order valence-electron chi connectivity index (χ3n) is 2.00. The number of ether oxygens (including phenoxy) is 1. The molecule has 6 nitrogen and oxygen atoms in total. The average Bonchev–Trinajstić information content (AvgIpc) is 2.77. The van der Waals surface area contributed by atoms with Crippen LogP contribution in [0.1, 0.15) is 0 Å². The van der Waals surface area contributed by atoms with Crippen molar-refractivity contribution in [2.24, 2.45) is 0 Å². The maximum atomic E-state index is 4.95. The summed E-state index contributed by atoms with van der Waals surface area (Å²) >= 11 is 3.53. The van der Waals surface area contributed by atoms with Crippen LogP contribution in [-0.4, -0.2) is 64.8 Å². The van der Waals surface area contributed by atoms with E-state index in [-0.39, 0.29) is 0 Å². The highest BCUT2D eigenvalue weighted by molar-refractivity contribution is 8.02. The third kappa shape index (κ3) is 6.25. The lowest BCUT2D eigenvalue weighted by atomic mass is 10.6. The van der Waals surface area contributed by atoms with Crippen molar-refractivity contribution in [2.75, 3.05) is 44.6 Å². The highest BCUT2D eigenvalue weighted by Gasteiger charge is 2.05. The summed E-state index contributed by atoms with van der Waals surface area (Å²) in [4.78, 5) is 0. The lowest BCUT2D eigenvalue weighted by molar-refractivity contribution is 0.199. The molecule has 0 aliphatic rings. The zero-order chi connectivity index (χ0) is 12.3. The number of tetrazole rings is 1. The van der Waals surface area contributed by atoms with Gasteiger partial charge in [0, 0.05) is 31.7 Å². The van der Waals surface area contributed by atoms with Gasteiger partial charge in [-0.3, -0.25) is 0 Å². The molecule has 1 heterocycles. The van der Waals surface area contributed by atoms with E-state index in [0.717, 1.165) is 42.9 Å². The summed E-state index contributed by atoms with van der Waals surface area (Å²) in [5.41, 5.74) is 0. The van der Waals surface area contributed by atoms with Gasteiger partial charge in [-0.25, -0.2) is 4.68 Å². The predicted octanol–water partition coefficient (Wildman–Crippen LogP) is 0.364. The molecule has 0 aliphatic carbocycles. The van der Waals surface area contributed by atoms with Crippen LogP contribution in [0.2, 0.25) is 0 Å². The van der Waals surface area contributed by atoms with Gasteiger partial charge >= 0.3 is 0 Å². The zero-order valence-electron chi connectivity index (χ0n) is 10.3. The topological polar surface area (TPSA) is 64.9 Å². The van der Waals surface area contributed by atoms with Crippen LogP contribution in [0, 0.1) is 0 Å². The van der Waals surface area contributed by atoms with E-state index in [0.29, 0.717) is 0 Å². The highest BCUT2D eigenvalue weighted by atomic mass is 32.2. The SMILES string of the molecule is COCCNCCn1nnnc1SCCSC. The summed E-state index contributed by atoms with van der Waals surface area (Å²) in [5.74, 6) is 2.16. The van der Waals surface area contributed by atoms with Gasteiger partial charge in [-0.15, -0.1) is 5.10 Å². The lowest BCUT2D eigenvalue weighted by Crippen LogP contribution is -2.24. The molecule has 0 aromatic carbocycles. The van der Waals surface area contributed by atoms with Crippen molar-refractivity contribution in [2.45, 2.75) is 11.7 Å². The summed E-state index contributed by atoms with van der Waals surface area (Å²) in [6.07, 6.45) is 2.10. The Labute approximate surface area is 110 Å². The minimum atomic E-state index is 0.727. The second kappa shape index (κ2) is 9.69. The molecule has 0 amide bonds. The van der Waals surface area contributed by atoms with Crippen LogP contribution in [0.3, 0.4) is 0 Å². The number of methoxy groups -OCH3 is 1. The predicted molar refractivity (Wildman–Crippen MR) is 71.7 cm³/mol. The molecule has 98 valence electrons. The molecule has 0 saturated carbocycles. The van der Waals surface area contributed by atoms with Crippen molar-refractivity contribution in [3.8, 4) is 0 Å². The smallest absolute Gasteiger partial charge is 0.209 e. The number of aromatic nitrogens is 4. The van der Waals surface area contributed by atoms with Crippen LogP contribution in [0.15, 0.2) is 5.16 Å². The first-order valence-electron chi connectivity index (χ1n) is 5.46. The van der Waals surface area contributed by atoms with Crippen LogP contribution >= 0.6 is 23.5 Å². The molecule has 17 heavy (non-hydrogen) atoms. The van der Waals surface area contributed by atoms with Gasteiger partial charge in [-0.1, -0.05) is 11.8 Å². The second-order valence-electron chi connectivity index (χ2n) is 3.27. The van der Waals surface area contributed by atoms with Crippen LogP contribution in [0.4, 0.5) is 0 Å². The first-order valence-corrected chi connectivity index (χ1v) is 7.84. The molecule has 1 aromatic heterocycles. The van der Waals surface area contributed by atoms with Gasteiger partial charge in [0.15, 0.2) is 0 Å². The van der Waals surface area contributed by atoms with Gasteiger partial charge in [-0.2, -0.15) is 11.8 Å². The quantitative estimate of drug-likeness (QED) is 0.489. The normalized spacial score (nSPS) is 10.9. The van der Waals surface area contributed by atoms with Gasteiger partial charge in [0.25, 0.3) is 0 Å². The van der Waals surface area contributed by atoms with Crippen molar-refractivity contribution in [1.29, 1.82) is 0 Å². The first kappa shape index (κ1) is 14.7.